The van der Waals surface area contributed by atoms with Crippen LogP contribution < -0.4 is 5.32 Å². The zero-order valence-electron chi connectivity index (χ0n) is 17.1. The average Bonchev–Trinajstić information content (AvgIpc) is 3.10. The van der Waals surface area contributed by atoms with E-state index >= 15 is 0 Å². The molecular weight excluding hydrogens is 448 g/mol. The third kappa shape index (κ3) is 5.69. The van der Waals surface area contributed by atoms with E-state index in [4.69, 9.17) is 4.74 Å². The van der Waals surface area contributed by atoms with Crippen molar-refractivity contribution in [2.75, 3.05) is 13.7 Å². The maximum absolute atomic E-state index is 12.9. The molecule has 0 radical (unpaired) electrons. The summed E-state index contributed by atoms with van der Waals surface area (Å²) >= 11 is 3.39. The summed E-state index contributed by atoms with van der Waals surface area (Å²) in [5, 5.41) is 2.94. The van der Waals surface area contributed by atoms with E-state index in [1.54, 1.807) is 4.90 Å². The summed E-state index contributed by atoms with van der Waals surface area (Å²) in [5.41, 5.74) is 3.00. The second kappa shape index (κ2) is 9.89. The second-order valence-electron chi connectivity index (χ2n) is 7.55. The Balaban J connectivity index is 1.66. The molecule has 7 heteroatoms. The summed E-state index contributed by atoms with van der Waals surface area (Å²) in [6, 6.07) is 14.9. The number of carbonyl (C=O) groups is 3. The number of nitrogens with zero attached hydrogens (tertiary/aromatic N) is 1. The molecule has 2 atom stereocenters. The molecule has 0 aromatic heterocycles. The summed E-state index contributed by atoms with van der Waals surface area (Å²) in [7, 11) is 1.32. The summed E-state index contributed by atoms with van der Waals surface area (Å²) in [4.78, 5) is 38.9. The Morgan fingerprint density at radius 2 is 1.83 bits per heavy atom. The van der Waals surface area contributed by atoms with Crippen LogP contribution in [0.3, 0.4) is 0 Å². The van der Waals surface area contributed by atoms with Gasteiger partial charge in [0.05, 0.1) is 25.5 Å². The van der Waals surface area contributed by atoms with Gasteiger partial charge in [0.25, 0.3) is 0 Å². The molecule has 2 aromatic rings. The molecule has 2 unspecified atom stereocenters. The zero-order valence-corrected chi connectivity index (χ0v) is 18.6. The minimum atomic E-state index is -0.515. The number of esters is 1. The van der Waals surface area contributed by atoms with Gasteiger partial charge in [0.1, 0.15) is 0 Å². The maximum atomic E-state index is 12.9. The highest BCUT2D eigenvalue weighted by molar-refractivity contribution is 9.10. The van der Waals surface area contributed by atoms with Gasteiger partial charge in [0.15, 0.2) is 0 Å². The van der Waals surface area contributed by atoms with Gasteiger partial charge in [-0.3, -0.25) is 14.4 Å². The predicted octanol–water partition coefficient (Wildman–Crippen LogP) is 3.53. The average molecular weight is 473 g/mol. The van der Waals surface area contributed by atoms with Crippen molar-refractivity contribution in [3.63, 3.8) is 0 Å². The SMILES string of the molecule is COC(=O)CC(NC(=O)C1CC(=O)N(Cc2ccc(C)cc2)C1)c1ccc(Br)cc1. The van der Waals surface area contributed by atoms with E-state index in [0.29, 0.717) is 13.1 Å². The van der Waals surface area contributed by atoms with E-state index in [1.165, 1.54) is 7.11 Å². The minimum Gasteiger partial charge on any atom is -0.469 e. The van der Waals surface area contributed by atoms with Crippen LogP contribution in [-0.2, 0) is 25.7 Å². The molecule has 0 aliphatic carbocycles. The first-order valence-corrected chi connectivity index (χ1v) is 10.6. The maximum Gasteiger partial charge on any atom is 0.307 e. The van der Waals surface area contributed by atoms with E-state index in [0.717, 1.165) is 21.2 Å². The smallest absolute Gasteiger partial charge is 0.307 e. The monoisotopic (exact) mass is 472 g/mol. The number of amides is 2. The first-order chi connectivity index (χ1) is 14.4. The number of hydrogen-bond acceptors (Lipinski definition) is 4. The van der Waals surface area contributed by atoms with Crippen LogP contribution in [0.5, 0.6) is 0 Å². The molecule has 1 aliphatic heterocycles. The van der Waals surface area contributed by atoms with E-state index in [2.05, 4.69) is 21.2 Å². The molecule has 0 bridgehead atoms. The standard InChI is InChI=1S/C23H25BrN2O4/c1-15-3-5-16(6-4-15)13-26-14-18(11-21(26)27)23(29)25-20(12-22(28)30-2)17-7-9-19(24)10-8-17/h3-10,18,20H,11-14H2,1-2H3,(H,25,29). The van der Waals surface area contributed by atoms with Crippen LogP contribution in [0.25, 0.3) is 0 Å². The lowest BCUT2D eigenvalue weighted by molar-refractivity contribution is -0.141. The van der Waals surface area contributed by atoms with Gasteiger partial charge in [-0.25, -0.2) is 0 Å². The number of hydrogen-bond donors (Lipinski definition) is 1. The molecule has 158 valence electrons. The van der Waals surface area contributed by atoms with Crippen molar-refractivity contribution in [3.05, 3.63) is 69.7 Å². The highest BCUT2D eigenvalue weighted by Crippen LogP contribution is 2.24. The number of likely N-dealkylation sites (tertiary alicyclic amines) is 1. The van der Waals surface area contributed by atoms with Crippen molar-refractivity contribution < 1.29 is 19.1 Å². The highest BCUT2D eigenvalue weighted by Gasteiger charge is 2.35. The van der Waals surface area contributed by atoms with Crippen molar-refractivity contribution >= 4 is 33.7 Å². The Morgan fingerprint density at radius 3 is 2.47 bits per heavy atom. The highest BCUT2D eigenvalue weighted by atomic mass is 79.9. The molecule has 1 heterocycles. The van der Waals surface area contributed by atoms with Crippen molar-refractivity contribution in [3.8, 4) is 0 Å². The number of halogens is 1. The normalized spacial score (nSPS) is 17.0. The lowest BCUT2D eigenvalue weighted by Crippen LogP contribution is -2.36. The van der Waals surface area contributed by atoms with Crippen LogP contribution in [0, 0.1) is 12.8 Å². The summed E-state index contributed by atoms with van der Waals surface area (Å²) < 4.78 is 5.69. The van der Waals surface area contributed by atoms with E-state index in [9.17, 15) is 14.4 Å². The first-order valence-electron chi connectivity index (χ1n) is 9.81. The number of rotatable bonds is 7. The van der Waals surface area contributed by atoms with Gasteiger partial charge >= 0.3 is 5.97 Å². The lowest BCUT2D eigenvalue weighted by atomic mass is 10.0. The summed E-state index contributed by atoms with van der Waals surface area (Å²) in [5.74, 6) is -1.12. The van der Waals surface area contributed by atoms with Crippen LogP contribution >= 0.6 is 15.9 Å². The van der Waals surface area contributed by atoms with E-state index < -0.39 is 17.9 Å². The molecule has 3 rings (SSSR count). The second-order valence-corrected chi connectivity index (χ2v) is 8.47. The molecule has 1 saturated heterocycles. The molecule has 6 nitrogen and oxygen atoms in total. The number of nitrogens with one attached hydrogen (secondary N) is 1. The lowest BCUT2D eigenvalue weighted by Gasteiger charge is -2.21. The molecule has 2 aromatic carbocycles. The molecule has 1 N–H and O–H groups in total. The fraction of sp³-hybridized carbons (Fsp3) is 0.348. The van der Waals surface area contributed by atoms with Gasteiger partial charge in [-0.1, -0.05) is 57.9 Å². The fourth-order valence-electron chi connectivity index (χ4n) is 3.50. The van der Waals surface area contributed by atoms with Crippen molar-refractivity contribution in [2.45, 2.75) is 32.4 Å². The first kappa shape index (κ1) is 22.0. The van der Waals surface area contributed by atoms with Crippen LogP contribution in [0.2, 0.25) is 0 Å². The third-order valence-electron chi connectivity index (χ3n) is 5.27. The summed E-state index contributed by atoms with van der Waals surface area (Å²) in [6.45, 7) is 2.87. The molecular formula is C23H25BrN2O4. The topological polar surface area (TPSA) is 75.7 Å². The predicted molar refractivity (Wildman–Crippen MR) is 116 cm³/mol. The number of benzene rings is 2. The molecule has 2 amide bonds. The Kier molecular flexibility index (Phi) is 7.26. The number of carbonyl (C=O) groups excluding carboxylic acids is 3. The third-order valence-corrected chi connectivity index (χ3v) is 5.80. The van der Waals surface area contributed by atoms with Gasteiger partial charge in [-0.05, 0) is 30.2 Å². The number of ether oxygens (including phenoxy) is 1. The van der Waals surface area contributed by atoms with Crippen molar-refractivity contribution in [1.29, 1.82) is 0 Å². The quantitative estimate of drug-likeness (QED) is 0.625. The molecule has 1 fully saturated rings. The zero-order chi connectivity index (χ0) is 21.7. The van der Waals surface area contributed by atoms with Crippen LogP contribution in [0.4, 0.5) is 0 Å². The minimum absolute atomic E-state index is 0.0254. The summed E-state index contributed by atoms with van der Waals surface area (Å²) in [6.07, 6.45) is 0.195. The van der Waals surface area contributed by atoms with Crippen LogP contribution in [-0.4, -0.2) is 36.3 Å². The molecule has 0 saturated carbocycles. The Bertz CT molecular complexity index is 912. The van der Waals surface area contributed by atoms with Crippen molar-refractivity contribution in [2.24, 2.45) is 5.92 Å². The largest absolute Gasteiger partial charge is 0.469 e. The Hall–Kier alpha value is -2.67. The van der Waals surface area contributed by atoms with Gasteiger partial charge in [-0.15, -0.1) is 0 Å². The van der Waals surface area contributed by atoms with E-state index in [-0.39, 0.29) is 24.7 Å². The van der Waals surface area contributed by atoms with Gasteiger partial charge in [0.2, 0.25) is 11.8 Å². The van der Waals surface area contributed by atoms with Gasteiger partial charge in [0, 0.05) is 24.0 Å². The molecule has 1 aliphatic rings. The van der Waals surface area contributed by atoms with Crippen molar-refractivity contribution in [1.82, 2.24) is 10.2 Å². The Morgan fingerprint density at radius 1 is 1.17 bits per heavy atom. The van der Waals surface area contributed by atoms with Gasteiger partial charge < -0.3 is 15.0 Å². The molecule has 30 heavy (non-hydrogen) atoms. The number of methoxy groups -OCH3 is 1. The van der Waals surface area contributed by atoms with Crippen LogP contribution in [0.15, 0.2) is 53.0 Å². The van der Waals surface area contributed by atoms with Crippen LogP contribution in [0.1, 0.15) is 35.6 Å². The Labute approximate surface area is 184 Å². The van der Waals surface area contributed by atoms with E-state index in [1.807, 2.05) is 55.5 Å². The fourth-order valence-corrected chi connectivity index (χ4v) is 3.77. The number of aryl methyl sites for hydroxylation is 1. The molecule has 0 spiro atoms. The van der Waals surface area contributed by atoms with Gasteiger partial charge in [-0.2, -0.15) is 0 Å².